The van der Waals surface area contributed by atoms with Gasteiger partial charge in [0.05, 0.1) is 24.1 Å². The van der Waals surface area contributed by atoms with Gasteiger partial charge in [-0.2, -0.15) is 0 Å². The zero-order valence-electron chi connectivity index (χ0n) is 15.8. The van der Waals surface area contributed by atoms with Crippen LogP contribution in [0.3, 0.4) is 0 Å². The van der Waals surface area contributed by atoms with E-state index in [-0.39, 0.29) is 6.61 Å². The second-order valence-electron chi connectivity index (χ2n) is 7.33. The third-order valence-electron chi connectivity index (χ3n) is 4.06. The highest BCUT2D eigenvalue weighted by molar-refractivity contribution is 6.20. The molecule has 1 aromatic carbocycles. The monoisotopic (exact) mass is 362 g/mol. The normalized spacial score (nSPS) is 18.9. The molecule has 142 valence electrons. The highest BCUT2D eigenvalue weighted by atomic mass is 16.6. The molecule has 1 heterocycles. The molecule has 0 fully saturated rings. The van der Waals surface area contributed by atoms with Gasteiger partial charge in [-0.25, -0.2) is 9.69 Å². The summed E-state index contributed by atoms with van der Waals surface area (Å²) in [5.41, 5.74) is 6.22. The number of nitrogens with two attached hydrogens (primary N) is 1. The van der Waals surface area contributed by atoms with Gasteiger partial charge in [0.2, 0.25) is 5.91 Å². The molecule has 7 nitrogen and oxygen atoms in total. The van der Waals surface area contributed by atoms with Crippen LogP contribution in [-0.2, 0) is 19.1 Å². The zero-order valence-corrected chi connectivity index (χ0v) is 15.8. The van der Waals surface area contributed by atoms with Crippen molar-refractivity contribution in [2.75, 3.05) is 11.5 Å². The van der Waals surface area contributed by atoms with Gasteiger partial charge in [0.1, 0.15) is 5.60 Å². The van der Waals surface area contributed by atoms with Gasteiger partial charge in [0, 0.05) is 6.04 Å². The summed E-state index contributed by atoms with van der Waals surface area (Å²) in [6.45, 7) is 8.68. The number of benzene rings is 1. The summed E-state index contributed by atoms with van der Waals surface area (Å²) in [6, 6.07) is 6.21. The fourth-order valence-electron chi connectivity index (χ4n) is 3.08. The molecule has 26 heavy (non-hydrogen) atoms. The van der Waals surface area contributed by atoms with Gasteiger partial charge in [-0.15, -0.1) is 0 Å². The number of esters is 1. The molecule has 0 aromatic heterocycles. The second kappa shape index (κ2) is 7.45. The van der Waals surface area contributed by atoms with Gasteiger partial charge < -0.3 is 15.2 Å². The lowest BCUT2D eigenvalue weighted by Crippen LogP contribution is -2.45. The maximum Gasteiger partial charge on any atom is 0.421 e. The van der Waals surface area contributed by atoms with E-state index < -0.39 is 41.4 Å². The van der Waals surface area contributed by atoms with E-state index in [9.17, 15) is 14.4 Å². The van der Waals surface area contributed by atoms with Crippen molar-refractivity contribution in [3.8, 4) is 0 Å². The van der Waals surface area contributed by atoms with Crippen molar-refractivity contribution in [3.63, 3.8) is 0 Å². The minimum atomic E-state index is -0.893. The summed E-state index contributed by atoms with van der Waals surface area (Å²) in [7, 11) is 0. The average molecular weight is 362 g/mol. The van der Waals surface area contributed by atoms with Crippen molar-refractivity contribution in [1.82, 2.24) is 0 Å². The van der Waals surface area contributed by atoms with E-state index in [2.05, 4.69) is 0 Å². The molecule has 0 saturated heterocycles. The number of ether oxygens (including phenoxy) is 2. The standard InChI is InChI=1S/C19H26N2O5/c1-6-25-17(23)14(11(2)20)15-12-9-7-8-10-13(12)21(16(15)22)18(24)26-19(3,4)5/h7-11,14-15H,6,20H2,1-5H3/t11-,14+,15-/m1/s1. The van der Waals surface area contributed by atoms with E-state index in [4.69, 9.17) is 15.2 Å². The van der Waals surface area contributed by atoms with E-state index in [1.807, 2.05) is 0 Å². The van der Waals surface area contributed by atoms with Crippen LogP contribution in [0.5, 0.6) is 0 Å². The van der Waals surface area contributed by atoms with Crippen molar-refractivity contribution >= 4 is 23.7 Å². The molecule has 3 atom stereocenters. The van der Waals surface area contributed by atoms with Crippen molar-refractivity contribution < 1.29 is 23.9 Å². The number of hydrogen-bond donors (Lipinski definition) is 1. The van der Waals surface area contributed by atoms with Gasteiger partial charge in [0.15, 0.2) is 0 Å². The number of carbonyl (C=O) groups is 3. The number of fused-ring (bicyclic) bond motifs is 1. The van der Waals surface area contributed by atoms with Gasteiger partial charge in [-0.05, 0) is 46.2 Å². The molecule has 0 aliphatic carbocycles. The first-order chi connectivity index (χ1) is 12.1. The fourth-order valence-corrected chi connectivity index (χ4v) is 3.08. The highest BCUT2D eigenvalue weighted by Gasteiger charge is 2.49. The van der Waals surface area contributed by atoms with Gasteiger partial charge in [-0.3, -0.25) is 9.59 Å². The van der Waals surface area contributed by atoms with Crippen LogP contribution in [0.15, 0.2) is 24.3 Å². The molecular weight excluding hydrogens is 336 g/mol. The smallest absolute Gasteiger partial charge is 0.421 e. The minimum Gasteiger partial charge on any atom is -0.466 e. The van der Waals surface area contributed by atoms with Crippen LogP contribution in [-0.4, -0.2) is 36.2 Å². The number of amides is 2. The lowest BCUT2D eigenvalue weighted by atomic mass is 9.83. The molecule has 2 rings (SSSR count). The maximum atomic E-state index is 13.1. The number of carbonyl (C=O) groups excluding carboxylic acids is 3. The Kier molecular flexibility index (Phi) is 5.71. The first kappa shape index (κ1) is 19.9. The third kappa shape index (κ3) is 3.88. The Hall–Kier alpha value is -2.41. The summed E-state index contributed by atoms with van der Waals surface area (Å²) in [5, 5.41) is 0. The molecule has 2 amide bonds. The third-order valence-corrected chi connectivity index (χ3v) is 4.06. The molecule has 0 spiro atoms. The van der Waals surface area contributed by atoms with Gasteiger partial charge in [-0.1, -0.05) is 18.2 Å². The van der Waals surface area contributed by atoms with Gasteiger partial charge >= 0.3 is 12.1 Å². The molecule has 1 aliphatic heterocycles. The largest absolute Gasteiger partial charge is 0.466 e. The van der Waals surface area contributed by atoms with Crippen LogP contribution < -0.4 is 10.6 Å². The van der Waals surface area contributed by atoms with Crippen molar-refractivity contribution in [2.45, 2.75) is 52.2 Å². The Labute approximate surface area is 153 Å². The number of hydrogen-bond acceptors (Lipinski definition) is 6. The van der Waals surface area contributed by atoms with Crippen LogP contribution >= 0.6 is 0 Å². The molecule has 0 bridgehead atoms. The summed E-state index contributed by atoms with van der Waals surface area (Å²) in [4.78, 5) is 39.1. The molecule has 1 aliphatic rings. The number of imide groups is 1. The molecule has 0 radical (unpaired) electrons. The summed E-state index contributed by atoms with van der Waals surface area (Å²) < 4.78 is 10.5. The van der Waals surface area contributed by atoms with Crippen LogP contribution in [0.1, 0.15) is 46.1 Å². The Balaban J connectivity index is 2.48. The van der Waals surface area contributed by atoms with Crippen molar-refractivity contribution in [2.24, 2.45) is 11.7 Å². The van der Waals surface area contributed by atoms with Crippen molar-refractivity contribution in [3.05, 3.63) is 29.8 Å². The zero-order chi connectivity index (χ0) is 19.6. The lowest BCUT2D eigenvalue weighted by Gasteiger charge is -2.26. The molecule has 0 unspecified atom stereocenters. The van der Waals surface area contributed by atoms with E-state index in [0.29, 0.717) is 11.3 Å². The first-order valence-corrected chi connectivity index (χ1v) is 8.66. The predicted molar refractivity (Wildman–Crippen MR) is 96.7 cm³/mol. The van der Waals surface area contributed by atoms with E-state index in [1.54, 1.807) is 58.9 Å². The van der Waals surface area contributed by atoms with Crippen LogP contribution in [0.4, 0.5) is 10.5 Å². The topological polar surface area (TPSA) is 98.9 Å². The number of nitrogens with zero attached hydrogens (tertiary/aromatic N) is 1. The van der Waals surface area contributed by atoms with E-state index in [1.165, 1.54) is 0 Å². The molecule has 0 saturated carbocycles. The number of rotatable bonds is 4. The maximum absolute atomic E-state index is 13.1. The Morgan fingerprint density at radius 3 is 2.42 bits per heavy atom. The molecule has 1 aromatic rings. The van der Waals surface area contributed by atoms with Crippen LogP contribution in [0, 0.1) is 5.92 Å². The molecule has 7 heteroatoms. The molecular formula is C19H26N2O5. The van der Waals surface area contributed by atoms with Crippen molar-refractivity contribution in [1.29, 1.82) is 0 Å². The Bertz CT molecular complexity index is 708. The first-order valence-electron chi connectivity index (χ1n) is 8.66. The summed E-state index contributed by atoms with van der Waals surface area (Å²) >= 11 is 0. The average Bonchev–Trinajstić information content (AvgIpc) is 2.79. The molecule has 2 N–H and O–H groups in total. The Morgan fingerprint density at radius 2 is 1.88 bits per heavy atom. The fraction of sp³-hybridized carbons (Fsp3) is 0.526. The highest BCUT2D eigenvalue weighted by Crippen LogP contribution is 2.43. The van der Waals surface area contributed by atoms with Crippen LogP contribution in [0.25, 0.3) is 0 Å². The van der Waals surface area contributed by atoms with Gasteiger partial charge in [0.25, 0.3) is 0 Å². The van der Waals surface area contributed by atoms with Crippen LogP contribution in [0.2, 0.25) is 0 Å². The Morgan fingerprint density at radius 1 is 1.27 bits per heavy atom. The summed E-state index contributed by atoms with van der Waals surface area (Å²) in [5.74, 6) is -2.87. The van der Waals surface area contributed by atoms with E-state index >= 15 is 0 Å². The SMILES string of the molecule is CCOC(=O)[C@H]([C@@H]1C(=O)N(C(=O)OC(C)(C)C)c2ccccc21)[C@@H](C)N. The second-order valence-corrected chi connectivity index (χ2v) is 7.33. The number of anilines is 1. The minimum absolute atomic E-state index is 0.181. The predicted octanol–water partition coefficient (Wildman–Crippen LogP) is 2.58. The van der Waals surface area contributed by atoms with E-state index in [0.717, 1.165) is 4.90 Å². The lowest BCUT2D eigenvalue weighted by molar-refractivity contribution is -0.151. The quantitative estimate of drug-likeness (QED) is 0.827. The summed E-state index contributed by atoms with van der Waals surface area (Å²) in [6.07, 6.45) is -0.773. The number of para-hydroxylation sites is 1.